The molecule has 0 saturated carbocycles. The Hall–Kier alpha value is -4.17. The lowest BCUT2D eigenvalue weighted by Crippen LogP contribution is -2.43. The molecule has 5 rings (SSSR count). The van der Waals surface area contributed by atoms with Gasteiger partial charge in [0, 0.05) is 65.4 Å². The highest BCUT2D eigenvalue weighted by Gasteiger charge is 2.23. The van der Waals surface area contributed by atoms with E-state index in [1.54, 1.807) is 16.8 Å². The van der Waals surface area contributed by atoms with Gasteiger partial charge in [-0.05, 0) is 17.7 Å². The van der Waals surface area contributed by atoms with Crippen LogP contribution in [0.1, 0.15) is 5.56 Å². The van der Waals surface area contributed by atoms with E-state index in [4.69, 9.17) is 14.2 Å². The Morgan fingerprint density at radius 2 is 1.65 bits per heavy atom. The molecule has 2 aliphatic heterocycles. The molecule has 2 aliphatic rings. The van der Waals surface area contributed by atoms with Gasteiger partial charge in [-0.1, -0.05) is 36.4 Å². The van der Waals surface area contributed by atoms with Crippen molar-refractivity contribution >= 4 is 17.6 Å². The van der Waals surface area contributed by atoms with Gasteiger partial charge in [-0.3, -0.25) is 9.47 Å². The molecular formula is C30H40N8O5. The van der Waals surface area contributed by atoms with E-state index in [-0.39, 0.29) is 25.4 Å². The maximum absolute atomic E-state index is 12.9. The van der Waals surface area contributed by atoms with Crippen molar-refractivity contribution in [2.24, 2.45) is 0 Å². The Labute approximate surface area is 250 Å². The second kappa shape index (κ2) is 15.9. The standard InChI is InChI=1S/C30H40N8O5/c39-29-36-28-26(21-38(29)19-18-37-16-13-32-11-9-31-10-12-33-14-17-37)43-25-8-4-7-24(27(25)35-28)41-20-15-34-30(40)42-22-23-5-2-1-3-6-23/h1-8,21,31-33H,9-20,22H2,(H,34,40)(H,35,36,39). The van der Waals surface area contributed by atoms with Crippen molar-refractivity contribution < 1.29 is 19.0 Å². The molecule has 230 valence electrons. The second-order valence-corrected chi connectivity index (χ2v) is 10.2. The Balaban J connectivity index is 1.12. The summed E-state index contributed by atoms with van der Waals surface area (Å²) >= 11 is 0. The zero-order valence-electron chi connectivity index (χ0n) is 24.3. The fourth-order valence-corrected chi connectivity index (χ4v) is 4.75. The van der Waals surface area contributed by atoms with Gasteiger partial charge in [0.1, 0.15) is 24.7 Å². The van der Waals surface area contributed by atoms with Gasteiger partial charge in [0.25, 0.3) is 0 Å². The van der Waals surface area contributed by atoms with E-state index in [2.05, 4.69) is 36.5 Å². The minimum Gasteiger partial charge on any atom is -0.489 e. The highest BCUT2D eigenvalue weighted by molar-refractivity contribution is 5.77. The number of nitrogens with zero attached hydrogens (tertiary/aromatic N) is 3. The van der Waals surface area contributed by atoms with E-state index in [1.807, 2.05) is 42.5 Å². The Morgan fingerprint density at radius 3 is 2.42 bits per heavy atom. The van der Waals surface area contributed by atoms with Gasteiger partial charge < -0.3 is 40.8 Å². The van der Waals surface area contributed by atoms with E-state index < -0.39 is 6.09 Å². The molecule has 0 radical (unpaired) electrons. The Morgan fingerprint density at radius 1 is 0.907 bits per heavy atom. The first-order chi connectivity index (χ1) is 21.2. The predicted octanol–water partition coefficient (Wildman–Crippen LogP) is 1.48. The number of ether oxygens (including phenoxy) is 3. The number of alkyl carbamates (subject to hydrolysis) is 1. The van der Waals surface area contributed by atoms with Crippen LogP contribution in [0.2, 0.25) is 0 Å². The van der Waals surface area contributed by atoms with Gasteiger partial charge in [0.15, 0.2) is 17.3 Å². The number of hydrogen-bond acceptors (Lipinski definition) is 11. The van der Waals surface area contributed by atoms with E-state index in [0.29, 0.717) is 35.3 Å². The lowest BCUT2D eigenvalue weighted by atomic mass is 10.2. The van der Waals surface area contributed by atoms with Crippen LogP contribution in [0.15, 0.2) is 59.5 Å². The van der Waals surface area contributed by atoms with Crippen LogP contribution in [0.5, 0.6) is 17.2 Å². The summed E-state index contributed by atoms with van der Waals surface area (Å²) in [6.07, 6.45) is 1.19. The van der Waals surface area contributed by atoms with Crippen molar-refractivity contribution in [1.82, 2.24) is 35.7 Å². The second-order valence-electron chi connectivity index (χ2n) is 10.2. The molecule has 0 atom stereocenters. The first kappa shape index (κ1) is 30.3. The molecule has 0 aliphatic carbocycles. The lowest BCUT2D eigenvalue weighted by Gasteiger charge is -2.25. The van der Waals surface area contributed by atoms with Crippen LogP contribution >= 0.6 is 0 Å². The van der Waals surface area contributed by atoms with Crippen molar-refractivity contribution in [2.75, 3.05) is 77.4 Å². The SMILES string of the molecule is O=C(NCCOc1cccc2c1Nc1nc(=O)n(CCN3CCNCCNCCNCC3)cc1O2)OCc1ccccc1. The number of rotatable bonds is 9. The number of hydrogen-bond donors (Lipinski definition) is 5. The topological polar surface area (TPSA) is 143 Å². The zero-order chi connectivity index (χ0) is 29.7. The van der Waals surface area contributed by atoms with Gasteiger partial charge in [0.05, 0.1) is 12.7 Å². The van der Waals surface area contributed by atoms with Crippen LogP contribution in [-0.2, 0) is 17.9 Å². The number of amides is 1. The smallest absolute Gasteiger partial charge is 0.407 e. The number of aromatic nitrogens is 2. The molecule has 13 heteroatoms. The van der Waals surface area contributed by atoms with Gasteiger partial charge in [-0.25, -0.2) is 9.59 Å². The minimum atomic E-state index is -0.521. The molecule has 1 saturated heterocycles. The number of carbonyl (C=O) groups excluding carboxylic acids is 1. The summed E-state index contributed by atoms with van der Waals surface area (Å²) in [5.74, 6) is 1.88. The van der Waals surface area contributed by atoms with Crippen molar-refractivity contribution in [3.05, 3.63) is 70.8 Å². The number of carbonyl (C=O) groups is 1. The molecule has 0 unspecified atom stereocenters. The van der Waals surface area contributed by atoms with Crippen molar-refractivity contribution in [2.45, 2.75) is 13.2 Å². The van der Waals surface area contributed by atoms with Crippen molar-refractivity contribution in [3.8, 4) is 17.2 Å². The summed E-state index contributed by atoms with van der Waals surface area (Å²) in [6.45, 7) is 9.21. The van der Waals surface area contributed by atoms with Crippen LogP contribution in [0.4, 0.5) is 16.3 Å². The average Bonchev–Trinajstić information content (AvgIpc) is 3.01. The summed E-state index contributed by atoms with van der Waals surface area (Å²) < 4.78 is 18.8. The summed E-state index contributed by atoms with van der Waals surface area (Å²) in [7, 11) is 0. The highest BCUT2D eigenvalue weighted by Crippen LogP contribution is 2.44. The monoisotopic (exact) mass is 592 g/mol. The third kappa shape index (κ3) is 9.16. The largest absolute Gasteiger partial charge is 0.489 e. The van der Waals surface area contributed by atoms with Crippen LogP contribution in [-0.4, -0.2) is 92.6 Å². The summed E-state index contributed by atoms with van der Waals surface area (Å²) in [6, 6.07) is 14.9. The molecule has 1 amide bonds. The Kier molecular flexibility index (Phi) is 11.2. The molecule has 3 aromatic rings. The third-order valence-electron chi connectivity index (χ3n) is 7.08. The number of fused-ring (bicyclic) bond motifs is 2. The first-order valence-corrected chi connectivity index (χ1v) is 14.8. The molecule has 13 nitrogen and oxygen atoms in total. The zero-order valence-corrected chi connectivity index (χ0v) is 24.3. The van der Waals surface area contributed by atoms with E-state index in [9.17, 15) is 9.59 Å². The Bertz CT molecular complexity index is 1370. The number of benzene rings is 2. The average molecular weight is 593 g/mol. The molecule has 43 heavy (non-hydrogen) atoms. The van der Waals surface area contributed by atoms with Crippen LogP contribution in [0.3, 0.4) is 0 Å². The van der Waals surface area contributed by atoms with Gasteiger partial charge >= 0.3 is 11.8 Å². The fourth-order valence-electron chi connectivity index (χ4n) is 4.75. The van der Waals surface area contributed by atoms with E-state index in [1.165, 1.54) is 0 Å². The van der Waals surface area contributed by atoms with E-state index in [0.717, 1.165) is 64.5 Å². The molecule has 3 heterocycles. The van der Waals surface area contributed by atoms with Crippen LogP contribution in [0.25, 0.3) is 0 Å². The number of nitrogens with one attached hydrogen (secondary N) is 5. The first-order valence-electron chi connectivity index (χ1n) is 14.8. The van der Waals surface area contributed by atoms with E-state index >= 15 is 0 Å². The molecular weight excluding hydrogens is 552 g/mol. The molecule has 5 N–H and O–H groups in total. The van der Waals surface area contributed by atoms with Gasteiger partial charge in [0.2, 0.25) is 0 Å². The molecule has 1 aromatic heterocycles. The van der Waals surface area contributed by atoms with Crippen molar-refractivity contribution in [1.29, 1.82) is 0 Å². The number of anilines is 2. The summed E-state index contributed by atoms with van der Waals surface area (Å²) in [5, 5.41) is 16.2. The molecule has 1 fully saturated rings. The normalized spacial score (nSPS) is 15.8. The number of para-hydroxylation sites is 1. The quantitative estimate of drug-likeness (QED) is 0.180. The fraction of sp³-hybridized carbons (Fsp3) is 0.433. The van der Waals surface area contributed by atoms with Gasteiger partial charge in [-0.15, -0.1) is 0 Å². The summed E-state index contributed by atoms with van der Waals surface area (Å²) in [5.41, 5.74) is 1.13. The predicted molar refractivity (Wildman–Crippen MR) is 163 cm³/mol. The molecule has 2 aromatic carbocycles. The van der Waals surface area contributed by atoms with Crippen LogP contribution < -0.4 is 41.7 Å². The summed E-state index contributed by atoms with van der Waals surface area (Å²) in [4.78, 5) is 31.5. The van der Waals surface area contributed by atoms with Crippen LogP contribution in [0, 0.1) is 0 Å². The molecule has 0 spiro atoms. The highest BCUT2D eigenvalue weighted by atomic mass is 16.5. The van der Waals surface area contributed by atoms with Crippen molar-refractivity contribution in [3.63, 3.8) is 0 Å². The third-order valence-corrected chi connectivity index (χ3v) is 7.08. The maximum Gasteiger partial charge on any atom is 0.407 e. The molecule has 0 bridgehead atoms. The lowest BCUT2D eigenvalue weighted by molar-refractivity contribution is 0.137. The van der Waals surface area contributed by atoms with Gasteiger partial charge in [-0.2, -0.15) is 4.98 Å². The maximum atomic E-state index is 12.9. The minimum absolute atomic E-state index is 0.195.